The van der Waals surface area contributed by atoms with Crippen molar-refractivity contribution in [2.75, 3.05) is 26.2 Å². The first-order valence-electron chi connectivity index (χ1n) is 9.37. The van der Waals surface area contributed by atoms with Gasteiger partial charge in [-0.05, 0) is 31.9 Å². The lowest BCUT2D eigenvalue weighted by molar-refractivity contribution is -0.0709. The van der Waals surface area contributed by atoms with Gasteiger partial charge in [0, 0.05) is 37.6 Å². The van der Waals surface area contributed by atoms with Gasteiger partial charge in [0.15, 0.2) is 5.69 Å². The standard InChI is InChI=1S/C18H26N6O2/c1-3-24-9-10-26-15(17(24)14-7-8-20-23(14)2)11-19-18(25)16-12-5-4-6-13(12)21-22-16/h7-8,15,17H,3-6,9-11H2,1-2H3,(H,19,25)(H,21,22)/t15-,17-/m0/s1. The van der Waals surface area contributed by atoms with E-state index in [2.05, 4.69) is 32.4 Å². The van der Waals surface area contributed by atoms with Gasteiger partial charge in [-0.25, -0.2) is 0 Å². The maximum atomic E-state index is 12.6. The Balaban J connectivity index is 1.48. The van der Waals surface area contributed by atoms with Crippen LogP contribution in [0.2, 0.25) is 0 Å². The second-order valence-electron chi connectivity index (χ2n) is 6.96. The molecular weight excluding hydrogens is 332 g/mol. The predicted octanol–water partition coefficient (Wildman–Crippen LogP) is 0.824. The average molecular weight is 358 g/mol. The molecule has 8 heteroatoms. The van der Waals surface area contributed by atoms with Crippen LogP contribution < -0.4 is 5.32 Å². The molecule has 1 aliphatic carbocycles. The lowest BCUT2D eigenvalue weighted by atomic mass is 10.0. The first kappa shape index (κ1) is 17.2. The molecule has 2 aromatic heterocycles. The van der Waals surface area contributed by atoms with E-state index in [-0.39, 0.29) is 18.1 Å². The van der Waals surface area contributed by atoms with Gasteiger partial charge in [-0.15, -0.1) is 0 Å². The lowest BCUT2D eigenvalue weighted by Crippen LogP contribution is -2.50. The quantitative estimate of drug-likeness (QED) is 0.826. The molecule has 0 aromatic carbocycles. The first-order chi connectivity index (χ1) is 12.7. The molecule has 1 amide bonds. The summed E-state index contributed by atoms with van der Waals surface area (Å²) in [5, 5.41) is 14.6. The summed E-state index contributed by atoms with van der Waals surface area (Å²) in [6, 6.07) is 2.10. The number of likely N-dealkylation sites (N-methyl/N-ethyl adjacent to an activating group) is 1. The summed E-state index contributed by atoms with van der Waals surface area (Å²) in [7, 11) is 1.94. The van der Waals surface area contributed by atoms with Crippen molar-refractivity contribution in [1.29, 1.82) is 0 Å². The third-order valence-corrected chi connectivity index (χ3v) is 5.51. The van der Waals surface area contributed by atoms with Gasteiger partial charge in [0.25, 0.3) is 5.91 Å². The molecule has 1 aliphatic heterocycles. The van der Waals surface area contributed by atoms with Crippen LogP contribution in [0.3, 0.4) is 0 Å². The van der Waals surface area contributed by atoms with Gasteiger partial charge in [-0.3, -0.25) is 19.5 Å². The van der Waals surface area contributed by atoms with E-state index in [4.69, 9.17) is 4.74 Å². The van der Waals surface area contributed by atoms with Crippen molar-refractivity contribution in [3.05, 3.63) is 34.9 Å². The molecule has 8 nitrogen and oxygen atoms in total. The Hall–Kier alpha value is -2.19. The van der Waals surface area contributed by atoms with Crippen LogP contribution in [0.15, 0.2) is 12.3 Å². The van der Waals surface area contributed by atoms with Crippen molar-refractivity contribution < 1.29 is 9.53 Å². The summed E-state index contributed by atoms with van der Waals surface area (Å²) in [5.74, 6) is -0.120. The van der Waals surface area contributed by atoms with Crippen molar-refractivity contribution in [2.45, 2.75) is 38.3 Å². The van der Waals surface area contributed by atoms with Gasteiger partial charge >= 0.3 is 0 Å². The molecule has 0 saturated carbocycles. The Bertz CT molecular complexity index is 782. The molecule has 1 saturated heterocycles. The van der Waals surface area contributed by atoms with E-state index in [1.807, 2.05) is 17.8 Å². The van der Waals surface area contributed by atoms with Gasteiger partial charge in [0.05, 0.1) is 24.4 Å². The molecule has 0 spiro atoms. The van der Waals surface area contributed by atoms with Crippen molar-refractivity contribution in [3.8, 4) is 0 Å². The van der Waals surface area contributed by atoms with E-state index in [0.29, 0.717) is 18.8 Å². The van der Waals surface area contributed by atoms with Crippen LogP contribution in [-0.2, 0) is 24.6 Å². The Morgan fingerprint density at radius 2 is 2.35 bits per heavy atom. The van der Waals surface area contributed by atoms with Crippen LogP contribution in [0, 0.1) is 0 Å². The fraction of sp³-hybridized carbons (Fsp3) is 0.611. The van der Waals surface area contributed by atoms with E-state index in [1.54, 1.807) is 6.20 Å². The van der Waals surface area contributed by atoms with Crippen molar-refractivity contribution >= 4 is 5.91 Å². The Morgan fingerprint density at radius 1 is 1.46 bits per heavy atom. The summed E-state index contributed by atoms with van der Waals surface area (Å²) in [4.78, 5) is 15.0. The molecule has 1 fully saturated rings. The SMILES string of the molecule is CCN1CCO[C@@H](CNC(=O)c2n[nH]c3c2CCC3)[C@@H]1c1ccnn1C. The van der Waals surface area contributed by atoms with Crippen molar-refractivity contribution in [3.63, 3.8) is 0 Å². The number of ether oxygens (including phenoxy) is 1. The van der Waals surface area contributed by atoms with Crippen LogP contribution in [0.25, 0.3) is 0 Å². The van der Waals surface area contributed by atoms with Crippen molar-refractivity contribution in [1.82, 2.24) is 30.2 Å². The molecule has 0 radical (unpaired) electrons. The number of rotatable bonds is 5. The number of H-pyrrole nitrogens is 1. The minimum Gasteiger partial charge on any atom is -0.373 e. The number of nitrogens with one attached hydrogen (secondary N) is 2. The molecule has 2 aromatic rings. The second kappa shape index (κ2) is 7.20. The van der Waals surface area contributed by atoms with Gasteiger partial charge < -0.3 is 10.1 Å². The van der Waals surface area contributed by atoms with E-state index in [9.17, 15) is 4.79 Å². The van der Waals surface area contributed by atoms with Gasteiger partial charge in [0.2, 0.25) is 0 Å². The van der Waals surface area contributed by atoms with E-state index < -0.39 is 0 Å². The number of nitrogens with zero attached hydrogens (tertiary/aromatic N) is 4. The Morgan fingerprint density at radius 3 is 3.12 bits per heavy atom. The van der Waals surface area contributed by atoms with E-state index in [0.717, 1.165) is 49.3 Å². The van der Waals surface area contributed by atoms with Crippen LogP contribution in [0.5, 0.6) is 0 Å². The Labute approximate surface area is 152 Å². The van der Waals surface area contributed by atoms with E-state index >= 15 is 0 Å². The minimum absolute atomic E-state index is 0.0754. The number of carbonyl (C=O) groups excluding carboxylic acids is 1. The fourth-order valence-corrected chi connectivity index (χ4v) is 4.15. The first-order valence-corrected chi connectivity index (χ1v) is 9.37. The predicted molar refractivity (Wildman–Crippen MR) is 95.9 cm³/mol. The topological polar surface area (TPSA) is 88.1 Å². The zero-order valence-electron chi connectivity index (χ0n) is 15.4. The third-order valence-electron chi connectivity index (χ3n) is 5.51. The van der Waals surface area contributed by atoms with Gasteiger partial charge in [0.1, 0.15) is 0 Å². The second-order valence-corrected chi connectivity index (χ2v) is 6.96. The number of aromatic amines is 1. The molecule has 3 heterocycles. The fourth-order valence-electron chi connectivity index (χ4n) is 4.15. The molecular formula is C18H26N6O2. The molecule has 2 N–H and O–H groups in total. The summed E-state index contributed by atoms with van der Waals surface area (Å²) in [6.45, 7) is 5.07. The maximum absolute atomic E-state index is 12.6. The smallest absolute Gasteiger partial charge is 0.272 e. The number of aromatic nitrogens is 4. The Kier molecular flexibility index (Phi) is 4.78. The highest BCUT2D eigenvalue weighted by Crippen LogP contribution is 2.29. The number of morpholine rings is 1. The molecule has 2 aliphatic rings. The minimum atomic E-state index is -0.120. The highest BCUT2D eigenvalue weighted by molar-refractivity contribution is 5.94. The number of hydrogen-bond donors (Lipinski definition) is 2. The number of carbonyl (C=O) groups is 1. The number of amides is 1. The summed E-state index contributed by atoms with van der Waals surface area (Å²) in [6.07, 6.45) is 4.69. The van der Waals surface area contributed by atoms with Crippen LogP contribution >= 0.6 is 0 Å². The van der Waals surface area contributed by atoms with Crippen molar-refractivity contribution in [2.24, 2.45) is 7.05 Å². The lowest BCUT2D eigenvalue weighted by Gasteiger charge is -2.40. The maximum Gasteiger partial charge on any atom is 0.272 e. The molecule has 4 rings (SSSR count). The summed E-state index contributed by atoms with van der Waals surface area (Å²) < 4.78 is 7.92. The molecule has 0 bridgehead atoms. The number of hydrogen-bond acceptors (Lipinski definition) is 5. The zero-order valence-corrected chi connectivity index (χ0v) is 15.4. The van der Waals surface area contributed by atoms with Crippen LogP contribution in [0.1, 0.15) is 46.8 Å². The molecule has 2 atom stereocenters. The average Bonchev–Trinajstić information content (AvgIpc) is 3.36. The van der Waals surface area contributed by atoms with E-state index in [1.165, 1.54) is 0 Å². The third kappa shape index (κ3) is 3.03. The monoisotopic (exact) mass is 358 g/mol. The zero-order chi connectivity index (χ0) is 18.1. The highest BCUT2D eigenvalue weighted by Gasteiger charge is 2.35. The summed E-state index contributed by atoms with van der Waals surface area (Å²) >= 11 is 0. The summed E-state index contributed by atoms with van der Waals surface area (Å²) in [5.41, 5.74) is 3.82. The number of fused-ring (bicyclic) bond motifs is 1. The largest absolute Gasteiger partial charge is 0.373 e. The normalized spacial score (nSPS) is 23.2. The highest BCUT2D eigenvalue weighted by atomic mass is 16.5. The van der Waals surface area contributed by atoms with Crippen LogP contribution in [0.4, 0.5) is 0 Å². The molecule has 26 heavy (non-hydrogen) atoms. The molecule has 0 unspecified atom stereocenters. The van der Waals surface area contributed by atoms with Gasteiger partial charge in [-0.1, -0.05) is 6.92 Å². The number of aryl methyl sites for hydroxylation is 2. The van der Waals surface area contributed by atoms with Crippen LogP contribution in [-0.4, -0.2) is 63.1 Å². The van der Waals surface area contributed by atoms with Gasteiger partial charge in [-0.2, -0.15) is 10.2 Å². The molecule has 140 valence electrons.